The molecule has 2 aromatic carbocycles. The van der Waals surface area contributed by atoms with E-state index < -0.39 is 0 Å². The minimum atomic E-state index is -0.389. The molecule has 2 unspecified atom stereocenters. The highest BCUT2D eigenvalue weighted by Gasteiger charge is 2.27. The van der Waals surface area contributed by atoms with Crippen LogP contribution in [-0.2, 0) is 0 Å². The average molecular weight is 480 g/mol. The second-order valence-corrected chi connectivity index (χ2v) is 8.44. The molecule has 142 valence electrons. The number of hydrogen-bond donors (Lipinski definition) is 1. The van der Waals surface area contributed by atoms with Crippen LogP contribution < -0.4 is 5.32 Å². The lowest BCUT2D eigenvalue weighted by molar-refractivity contribution is 0.0624. The van der Waals surface area contributed by atoms with Crippen LogP contribution in [0.25, 0.3) is 0 Å². The third-order valence-corrected chi connectivity index (χ3v) is 5.63. The van der Waals surface area contributed by atoms with Crippen LogP contribution in [0.4, 0.5) is 10.1 Å². The summed E-state index contributed by atoms with van der Waals surface area (Å²) in [5, 5.41) is 2.82. The molecule has 0 bridgehead atoms. The van der Waals surface area contributed by atoms with Crippen LogP contribution in [0.15, 0.2) is 42.5 Å². The number of carbonyl (C=O) groups excluding carboxylic acids is 2. The number of anilines is 1. The largest absolute Gasteiger partial charge is 0.338 e. The van der Waals surface area contributed by atoms with Crippen molar-refractivity contribution in [3.63, 3.8) is 0 Å². The fourth-order valence-electron chi connectivity index (χ4n) is 3.64. The number of para-hydroxylation sites is 1. The van der Waals surface area contributed by atoms with Crippen molar-refractivity contribution in [3.05, 3.63) is 63.0 Å². The Morgan fingerprint density at radius 2 is 1.74 bits per heavy atom. The topological polar surface area (TPSA) is 49.4 Å². The van der Waals surface area contributed by atoms with Gasteiger partial charge in [0.15, 0.2) is 0 Å². The third kappa shape index (κ3) is 4.66. The van der Waals surface area contributed by atoms with Crippen LogP contribution in [-0.4, -0.2) is 29.8 Å². The fourth-order valence-corrected chi connectivity index (χ4v) is 4.36. The molecule has 1 heterocycles. The Bertz CT molecular complexity index is 861. The summed E-state index contributed by atoms with van der Waals surface area (Å²) in [4.78, 5) is 27.6. The summed E-state index contributed by atoms with van der Waals surface area (Å²) in [7, 11) is 0. The Labute approximate surface area is 172 Å². The number of nitrogens with one attached hydrogen (secondary N) is 1. The van der Waals surface area contributed by atoms with E-state index in [1.54, 1.807) is 24.3 Å². The molecule has 3 rings (SSSR count). The molecule has 2 atom stereocenters. The maximum absolute atomic E-state index is 13.3. The van der Waals surface area contributed by atoms with E-state index in [0.29, 0.717) is 32.2 Å². The van der Waals surface area contributed by atoms with Crippen LogP contribution in [0.1, 0.15) is 41.0 Å². The number of rotatable bonds is 3. The number of piperidine rings is 1. The van der Waals surface area contributed by atoms with E-state index in [0.717, 1.165) is 19.5 Å². The molecule has 1 aliphatic heterocycles. The minimum Gasteiger partial charge on any atom is -0.338 e. The zero-order chi connectivity index (χ0) is 19.6. The van der Waals surface area contributed by atoms with Crippen LogP contribution in [0.2, 0.25) is 0 Å². The Hall–Kier alpha value is -1.96. The quantitative estimate of drug-likeness (QED) is 0.642. The van der Waals surface area contributed by atoms with E-state index >= 15 is 0 Å². The number of carbonyl (C=O) groups is 2. The van der Waals surface area contributed by atoms with Crippen molar-refractivity contribution >= 4 is 40.1 Å². The number of likely N-dealkylation sites (tertiary alicyclic amines) is 1. The molecule has 0 spiro atoms. The smallest absolute Gasteiger partial charge is 0.256 e. The van der Waals surface area contributed by atoms with Crippen molar-refractivity contribution in [1.82, 2.24) is 4.90 Å². The molecule has 27 heavy (non-hydrogen) atoms. The minimum absolute atomic E-state index is 0.0712. The molecule has 0 aliphatic carbocycles. The third-order valence-electron chi connectivity index (χ3n) is 4.74. The van der Waals surface area contributed by atoms with Gasteiger partial charge in [0.1, 0.15) is 5.82 Å². The highest BCUT2D eigenvalue weighted by atomic mass is 127. The Balaban J connectivity index is 1.83. The first-order chi connectivity index (χ1) is 12.8. The van der Waals surface area contributed by atoms with Gasteiger partial charge >= 0.3 is 0 Å². The Morgan fingerprint density at radius 3 is 2.41 bits per heavy atom. The van der Waals surface area contributed by atoms with Crippen LogP contribution >= 0.6 is 22.6 Å². The zero-order valence-corrected chi connectivity index (χ0v) is 17.5. The molecule has 1 fully saturated rings. The Kier molecular flexibility index (Phi) is 6.14. The normalized spacial score (nSPS) is 19.6. The van der Waals surface area contributed by atoms with Crippen molar-refractivity contribution in [3.8, 4) is 0 Å². The molecule has 6 heteroatoms. The SMILES string of the molecule is CC1CC(C)CN(C(=O)c2ccccc2NC(=O)c2ccc(F)cc2I)C1. The number of nitrogens with zero attached hydrogens (tertiary/aromatic N) is 1. The van der Waals surface area contributed by atoms with Crippen molar-refractivity contribution in [2.75, 3.05) is 18.4 Å². The van der Waals surface area contributed by atoms with Gasteiger partial charge in [-0.05, 0) is 71.2 Å². The van der Waals surface area contributed by atoms with Gasteiger partial charge < -0.3 is 10.2 Å². The van der Waals surface area contributed by atoms with Crippen molar-refractivity contribution < 1.29 is 14.0 Å². The molecule has 4 nitrogen and oxygen atoms in total. The summed E-state index contributed by atoms with van der Waals surface area (Å²) in [6, 6.07) is 11.0. The summed E-state index contributed by atoms with van der Waals surface area (Å²) in [5.41, 5.74) is 1.32. The zero-order valence-electron chi connectivity index (χ0n) is 15.3. The van der Waals surface area contributed by atoms with Gasteiger partial charge in [0.2, 0.25) is 0 Å². The van der Waals surface area contributed by atoms with E-state index in [-0.39, 0.29) is 17.6 Å². The number of hydrogen-bond acceptors (Lipinski definition) is 2. The predicted octanol–water partition coefficient (Wildman–Crippen LogP) is 4.80. The summed E-state index contributed by atoms with van der Waals surface area (Å²) in [5.74, 6) is 0.0958. The molecular weight excluding hydrogens is 458 g/mol. The molecule has 0 aromatic heterocycles. The summed E-state index contributed by atoms with van der Waals surface area (Å²) in [6.07, 6.45) is 1.12. The second-order valence-electron chi connectivity index (χ2n) is 7.28. The summed E-state index contributed by atoms with van der Waals surface area (Å²) < 4.78 is 13.8. The predicted molar refractivity (Wildman–Crippen MR) is 112 cm³/mol. The molecule has 0 radical (unpaired) electrons. The highest BCUT2D eigenvalue weighted by molar-refractivity contribution is 14.1. The van der Waals surface area contributed by atoms with E-state index in [2.05, 4.69) is 19.2 Å². The fraction of sp³-hybridized carbons (Fsp3) is 0.333. The molecule has 1 N–H and O–H groups in total. The van der Waals surface area contributed by atoms with Crippen molar-refractivity contribution in [1.29, 1.82) is 0 Å². The second kappa shape index (κ2) is 8.37. The lowest BCUT2D eigenvalue weighted by Gasteiger charge is -2.35. The first-order valence-electron chi connectivity index (χ1n) is 9.00. The average Bonchev–Trinajstić information content (AvgIpc) is 2.60. The number of amides is 2. The molecule has 1 aliphatic rings. The summed E-state index contributed by atoms with van der Waals surface area (Å²) in [6.45, 7) is 5.75. The van der Waals surface area contributed by atoms with Gasteiger partial charge in [-0.15, -0.1) is 0 Å². The van der Waals surface area contributed by atoms with Crippen LogP contribution in [0.5, 0.6) is 0 Å². The molecule has 2 aromatic rings. The van der Waals surface area contributed by atoms with Gasteiger partial charge in [0.05, 0.1) is 16.8 Å². The lowest BCUT2D eigenvalue weighted by atomic mass is 9.91. The molecular formula is C21H22FIN2O2. The Morgan fingerprint density at radius 1 is 1.07 bits per heavy atom. The van der Waals surface area contributed by atoms with Crippen LogP contribution in [0.3, 0.4) is 0 Å². The van der Waals surface area contributed by atoms with E-state index in [4.69, 9.17) is 0 Å². The van der Waals surface area contributed by atoms with Gasteiger partial charge in [-0.2, -0.15) is 0 Å². The summed E-state index contributed by atoms with van der Waals surface area (Å²) >= 11 is 1.93. The van der Waals surface area contributed by atoms with E-state index in [9.17, 15) is 14.0 Å². The van der Waals surface area contributed by atoms with Gasteiger partial charge in [-0.1, -0.05) is 26.0 Å². The van der Waals surface area contributed by atoms with Crippen molar-refractivity contribution in [2.24, 2.45) is 11.8 Å². The number of halogens is 2. The van der Waals surface area contributed by atoms with Gasteiger partial charge in [0, 0.05) is 16.7 Å². The molecule has 1 saturated heterocycles. The van der Waals surface area contributed by atoms with Crippen molar-refractivity contribution in [2.45, 2.75) is 20.3 Å². The van der Waals surface area contributed by atoms with Gasteiger partial charge in [0.25, 0.3) is 11.8 Å². The standard InChI is InChI=1S/C21H22FIN2O2/c1-13-9-14(2)12-25(11-13)21(27)17-5-3-4-6-19(17)24-20(26)16-8-7-15(22)10-18(16)23/h3-8,10,13-14H,9,11-12H2,1-2H3,(H,24,26). The maximum atomic E-state index is 13.3. The van der Waals surface area contributed by atoms with Crippen LogP contribution in [0, 0.1) is 21.2 Å². The monoisotopic (exact) mass is 480 g/mol. The molecule has 0 saturated carbocycles. The lowest BCUT2D eigenvalue weighted by Crippen LogP contribution is -2.42. The molecule has 2 amide bonds. The van der Waals surface area contributed by atoms with Gasteiger partial charge in [-0.25, -0.2) is 4.39 Å². The first-order valence-corrected chi connectivity index (χ1v) is 10.1. The van der Waals surface area contributed by atoms with E-state index in [1.807, 2.05) is 27.5 Å². The highest BCUT2D eigenvalue weighted by Crippen LogP contribution is 2.25. The maximum Gasteiger partial charge on any atom is 0.256 e. The van der Waals surface area contributed by atoms with Gasteiger partial charge in [-0.3, -0.25) is 9.59 Å². The first kappa shape index (κ1) is 19.8. The van der Waals surface area contributed by atoms with E-state index in [1.165, 1.54) is 18.2 Å². The number of benzene rings is 2.